The minimum absolute atomic E-state index is 0.221. The van der Waals surface area contributed by atoms with E-state index in [9.17, 15) is 14.4 Å². The van der Waals surface area contributed by atoms with Crippen LogP contribution in [0, 0.1) is 12.8 Å². The maximum Gasteiger partial charge on any atom is 0.329 e. The summed E-state index contributed by atoms with van der Waals surface area (Å²) in [5.41, 5.74) is 1.58. The number of nitrogens with one attached hydrogen (secondary N) is 1. The van der Waals surface area contributed by atoms with E-state index in [2.05, 4.69) is 5.32 Å². The smallest absolute Gasteiger partial charge is 0.329 e. The van der Waals surface area contributed by atoms with E-state index in [1.54, 1.807) is 38.1 Å². The molecule has 1 amide bonds. The van der Waals surface area contributed by atoms with E-state index in [0.29, 0.717) is 16.9 Å². The normalized spacial score (nSPS) is 11.7. The van der Waals surface area contributed by atoms with Crippen LogP contribution in [0.25, 0.3) is 0 Å². The van der Waals surface area contributed by atoms with E-state index in [0.717, 1.165) is 5.56 Å². The molecule has 0 bridgehead atoms. The molecule has 6 nitrogen and oxygen atoms in total. The van der Waals surface area contributed by atoms with Crippen molar-refractivity contribution < 1.29 is 23.9 Å². The van der Waals surface area contributed by atoms with Crippen molar-refractivity contribution in [1.82, 2.24) is 5.32 Å². The van der Waals surface area contributed by atoms with Gasteiger partial charge in [-0.1, -0.05) is 43.6 Å². The number of hydrogen-bond donors (Lipinski definition) is 1. The Hall–Kier alpha value is -2.86. The van der Waals surface area contributed by atoms with Crippen molar-refractivity contribution in [2.45, 2.75) is 26.8 Å². The van der Waals surface area contributed by atoms with Crippen LogP contribution in [-0.2, 0) is 9.53 Å². The van der Waals surface area contributed by atoms with Crippen LogP contribution in [0.5, 0.6) is 5.75 Å². The Labute approximate surface area is 175 Å². The van der Waals surface area contributed by atoms with Crippen LogP contribution in [-0.4, -0.2) is 37.4 Å². The number of halogens is 1. The third-order valence-electron chi connectivity index (χ3n) is 4.42. The van der Waals surface area contributed by atoms with Gasteiger partial charge >= 0.3 is 5.97 Å². The molecule has 0 saturated heterocycles. The predicted molar refractivity (Wildman–Crippen MR) is 111 cm³/mol. The van der Waals surface area contributed by atoms with Crippen LogP contribution in [0.1, 0.15) is 40.1 Å². The van der Waals surface area contributed by atoms with Crippen molar-refractivity contribution in [2.75, 3.05) is 13.7 Å². The Morgan fingerprint density at radius 2 is 1.79 bits per heavy atom. The molecule has 2 aromatic rings. The summed E-state index contributed by atoms with van der Waals surface area (Å²) in [6.45, 7) is 4.94. The highest BCUT2D eigenvalue weighted by Gasteiger charge is 2.27. The molecule has 0 fully saturated rings. The van der Waals surface area contributed by atoms with Crippen molar-refractivity contribution in [3.8, 4) is 5.75 Å². The van der Waals surface area contributed by atoms with Crippen LogP contribution < -0.4 is 10.1 Å². The summed E-state index contributed by atoms with van der Waals surface area (Å²) in [4.78, 5) is 37.4. The molecule has 0 saturated carbocycles. The van der Waals surface area contributed by atoms with Gasteiger partial charge in [-0.15, -0.1) is 0 Å². The van der Waals surface area contributed by atoms with Gasteiger partial charge < -0.3 is 14.8 Å². The summed E-state index contributed by atoms with van der Waals surface area (Å²) in [6, 6.07) is 10.8. The maximum atomic E-state index is 12.5. The lowest BCUT2D eigenvalue weighted by Gasteiger charge is -2.21. The fourth-order valence-corrected chi connectivity index (χ4v) is 2.95. The number of benzene rings is 2. The highest BCUT2D eigenvalue weighted by atomic mass is 35.5. The third kappa shape index (κ3) is 5.81. The predicted octanol–water partition coefficient (Wildman–Crippen LogP) is 3.84. The van der Waals surface area contributed by atoms with E-state index in [4.69, 9.17) is 21.1 Å². The van der Waals surface area contributed by atoms with Crippen molar-refractivity contribution in [3.63, 3.8) is 0 Å². The first-order valence-electron chi connectivity index (χ1n) is 9.14. The van der Waals surface area contributed by atoms with E-state index in [-0.39, 0.29) is 16.8 Å². The molecule has 0 aliphatic carbocycles. The minimum Gasteiger partial charge on any atom is -0.495 e. The molecule has 0 aromatic heterocycles. The van der Waals surface area contributed by atoms with Crippen LogP contribution in [0.3, 0.4) is 0 Å². The molecule has 2 rings (SSSR count). The molecule has 7 heteroatoms. The first-order valence-corrected chi connectivity index (χ1v) is 9.52. The molecule has 0 heterocycles. The summed E-state index contributed by atoms with van der Waals surface area (Å²) in [5.74, 6) is -1.22. The van der Waals surface area contributed by atoms with Crippen LogP contribution in [0.2, 0.25) is 5.02 Å². The number of rotatable bonds is 8. The van der Waals surface area contributed by atoms with Gasteiger partial charge in [-0.05, 0) is 42.7 Å². The highest BCUT2D eigenvalue weighted by molar-refractivity contribution is 6.32. The summed E-state index contributed by atoms with van der Waals surface area (Å²) >= 11 is 6.02. The van der Waals surface area contributed by atoms with Crippen LogP contribution >= 0.6 is 11.6 Å². The fraction of sp³-hybridized carbons (Fsp3) is 0.318. The van der Waals surface area contributed by atoms with Gasteiger partial charge in [-0.25, -0.2) is 4.79 Å². The van der Waals surface area contributed by atoms with Crippen molar-refractivity contribution >= 4 is 29.3 Å². The molecule has 0 aliphatic heterocycles. The highest BCUT2D eigenvalue weighted by Crippen LogP contribution is 2.25. The molecule has 0 unspecified atom stereocenters. The zero-order valence-electron chi connectivity index (χ0n) is 16.8. The standard InChI is InChI=1S/C22H24ClNO5/c1-13(2)20(24-21(26)16-8-6-5-7-14(16)3)22(27)29-12-18(25)15-9-10-19(28-4)17(23)11-15/h5-11,13,20H,12H2,1-4H3,(H,24,26)/t20-/m0/s1. The largest absolute Gasteiger partial charge is 0.495 e. The maximum absolute atomic E-state index is 12.5. The molecule has 2 aromatic carbocycles. The second kappa shape index (κ2) is 10.1. The SMILES string of the molecule is COc1ccc(C(=O)COC(=O)[C@@H](NC(=O)c2ccccc2C)C(C)C)cc1Cl. The lowest BCUT2D eigenvalue weighted by atomic mass is 10.0. The zero-order valence-corrected chi connectivity index (χ0v) is 17.6. The monoisotopic (exact) mass is 417 g/mol. The topological polar surface area (TPSA) is 81.7 Å². The van der Waals surface area contributed by atoms with E-state index >= 15 is 0 Å². The second-order valence-electron chi connectivity index (χ2n) is 6.89. The number of carbonyl (C=O) groups excluding carboxylic acids is 3. The number of methoxy groups -OCH3 is 1. The van der Waals surface area contributed by atoms with Crippen molar-refractivity contribution in [1.29, 1.82) is 0 Å². The number of hydrogen-bond acceptors (Lipinski definition) is 5. The number of amides is 1. The number of aryl methyl sites for hydroxylation is 1. The molecule has 1 atom stereocenters. The Kier molecular flexibility index (Phi) is 7.79. The van der Waals surface area contributed by atoms with Gasteiger partial charge in [0.05, 0.1) is 12.1 Å². The molecular weight excluding hydrogens is 394 g/mol. The molecule has 0 radical (unpaired) electrons. The van der Waals surface area contributed by atoms with Gasteiger partial charge in [-0.3, -0.25) is 9.59 Å². The Bertz CT molecular complexity index is 910. The molecule has 154 valence electrons. The first-order chi connectivity index (χ1) is 13.7. The number of ether oxygens (including phenoxy) is 2. The number of ketones is 1. The average Bonchev–Trinajstić information content (AvgIpc) is 2.69. The average molecular weight is 418 g/mol. The number of esters is 1. The first kappa shape index (κ1) is 22.4. The molecular formula is C22H24ClNO5. The molecule has 29 heavy (non-hydrogen) atoms. The minimum atomic E-state index is -0.880. The Balaban J connectivity index is 2.02. The van der Waals surface area contributed by atoms with Gasteiger partial charge in [0, 0.05) is 11.1 Å². The number of Topliss-reactive ketones (excluding diaryl/α,β-unsaturated/α-hetero) is 1. The lowest BCUT2D eigenvalue weighted by Crippen LogP contribution is -2.45. The summed E-state index contributed by atoms with van der Waals surface area (Å²) in [5, 5.41) is 2.99. The molecule has 0 aliphatic rings. The van der Waals surface area contributed by atoms with Crippen LogP contribution in [0.15, 0.2) is 42.5 Å². The fourth-order valence-electron chi connectivity index (χ4n) is 2.69. The van der Waals surface area contributed by atoms with E-state index in [1.165, 1.54) is 13.2 Å². The summed E-state index contributed by atoms with van der Waals surface area (Å²) in [6.07, 6.45) is 0. The Morgan fingerprint density at radius 3 is 2.38 bits per heavy atom. The van der Waals surface area contributed by atoms with Crippen molar-refractivity contribution in [2.24, 2.45) is 5.92 Å². The van der Waals surface area contributed by atoms with Gasteiger partial charge in [0.25, 0.3) is 5.91 Å². The van der Waals surface area contributed by atoms with E-state index in [1.807, 2.05) is 19.1 Å². The van der Waals surface area contributed by atoms with E-state index < -0.39 is 24.4 Å². The lowest BCUT2D eigenvalue weighted by molar-refractivity contribution is -0.145. The van der Waals surface area contributed by atoms with Crippen LogP contribution in [0.4, 0.5) is 0 Å². The third-order valence-corrected chi connectivity index (χ3v) is 4.71. The molecule has 1 N–H and O–H groups in total. The van der Waals surface area contributed by atoms with Gasteiger partial charge in [0.15, 0.2) is 12.4 Å². The summed E-state index contributed by atoms with van der Waals surface area (Å²) in [7, 11) is 1.47. The van der Waals surface area contributed by atoms with Gasteiger partial charge in [0.1, 0.15) is 11.8 Å². The van der Waals surface area contributed by atoms with Crippen molar-refractivity contribution in [3.05, 3.63) is 64.2 Å². The summed E-state index contributed by atoms with van der Waals surface area (Å²) < 4.78 is 10.2. The van der Waals surface area contributed by atoms with Gasteiger partial charge in [-0.2, -0.15) is 0 Å². The Morgan fingerprint density at radius 1 is 1.10 bits per heavy atom. The zero-order chi connectivity index (χ0) is 21.6. The van der Waals surface area contributed by atoms with Gasteiger partial charge in [0.2, 0.25) is 0 Å². The number of carbonyl (C=O) groups is 3. The second-order valence-corrected chi connectivity index (χ2v) is 7.30. The quantitative estimate of drug-likeness (QED) is 0.521. The molecule has 0 spiro atoms.